The summed E-state index contributed by atoms with van der Waals surface area (Å²) in [5, 5.41) is 2.91. The largest absolute Gasteiger partial charge is 0.416 e. The van der Waals surface area contributed by atoms with E-state index in [4.69, 9.17) is 4.74 Å². The lowest BCUT2D eigenvalue weighted by molar-refractivity contribution is -0.138. The van der Waals surface area contributed by atoms with Crippen LogP contribution < -0.4 is 5.32 Å². The van der Waals surface area contributed by atoms with Gasteiger partial charge in [0, 0.05) is 13.1 Å². The van der Waals surface area contributed by atoms with Crippen molar-refractivity contribution in [1.82, 2.24) is 10.2 Å². The normalized spacial score (nSPS) is 23.8. The van der Waals surface area contributed by atoms with Crippen LogP contribution in [-0.4, -0.2) is 43.7 Å². The van der Waals surface area contributed by atoms with Crippen molar-refractivity contribution in [2.24, 2.45) is 5.92 Å². The molecule has 0 unspecified atom stereocenters. The zero-order valence-corrected chi connectivity index (χ0v) is 13.5. The zero-order valence-electron chi connectivity index (χ0n) is 13.5. The summed E-state index contributed by atoms with van der Waals surface area (Å²) in [6, 6.07) is 4.83. The predicted octanol–water partition coefficient (Wildman–Crippen LogP) is 2.60. The molecule has 0 radical (unpaired) electrons. The Morgan fingerprint density at radius 2 is 2.12 bits per heavy atom. The van der Waals surface area contributed by atoms with Crippen molar-refractivity contribution >= 4 is 5.91 Å². The first-order chi connectivity index (χ1) is 11.3. The van der Waals surface area contributed by atoms with Crippen LogP contribution in [-0.2, 0) is 15.7 Å². The van der Waals surface area contributed by atoms with Gasteiger partial charge in [-0.05, 0) is 43.5 Å². The lowest BCUT2D eigenvalue weighted by Crippen LogP contribution is -2.49. The number of nitrogens with one attached hydrogen (secondary N) is 1. The topological polar surface area (TPSA) is 41.6 Å². The Bertz CT molecular complexity index is 602. The fourth-order valence-electron chi connectivity index (χ4n) is 2.99. The molecule has 1 amide bonds. The van der Waals surface area contributed by atoms with Gasteiger partial charge in [0.2, 0.25) is 0 Å². The number of likely N-dealkylation sites (N-methyl/N-ethyl adjacent to an activating group) is 1. The van der Waals surface area contributed by atoms with E-state index in [2.05, 4.69) is 5.32 Å². The van der Waals surface area contributed by atoms with Crippen molar-refractivity contribution in [1.29, 1.82) is 0 Å². The standard InChI is InChI=1S/C17H21F3N2O2/c1-22-7-8-24-14(10-22)16(23)21-15(11-5-6-11)12-3-2-4-13(9-12)17(18,19)20/h2-4,9,11,14-15H,5-8,10H2,1H3,(H,21,23)/t14-,15-/m0/s1. The number of alkyl halides is 3. The van der Waals surface area contributed by atoms with Gasteiger partial charge in [-0.1, -0.05) is 12.1 Å². The maximum absolute atomic E-state index is 12.9. The minimum Gasteiger partial charge on any atom is -0.366 e. The Balaban J connectivity index is 1.75. The molecule has 132 valence electrons. The van der Waals surface area contributed by atoms with E-state index < -0.39 is 23.9 Å². The smallest absolute Gasteiger partial charge is 0.366 e. The highest BCUT2D eigenvalue weighted by atomic mass is 19.4. The van der Waals surface area contributed by atoms with Crippen LogP contribution in [0.5, 0.6) is 0 Å². The molecule has 1 heterocycles. The van der Waals surface area contributed by atoms with Gasteiger partial charge in [-0.2, -0.15) is 13.2 Å². The highest BCUT2D eigenvalue weighted by Gasteiger charge is 2.37. The average Bonchev–Trinajstić information content (AvgIpc) is 3.36. The van der Waals surface area contributed by atoms with Gasteiger partial charge in [-0.3, -0.25) is 4.79 Å². The van der Waals surface area contributed by atoms with Crippen LogP contribution in [0, 0.1) is 5.92 Å². The summed E-state index contributed by atoms with van der Waals surface area (Å²) in [6.07, 6.45) is -3.14. The SMILES string of the molecule is CN1CCO[C@H](C(=O)N[C@H](c2cccc(C(F)(F)F)c2)C2CC2)C1. The van der Waals surface area contributed by atoms with Crippen LogP contribution in [0.1, 0.15) is 30.0 Å². The summed E-state index contributed by atoms with van der Waals surface area (Å²) in [4.78, 5) is 14.5. The summed E-state index contributed by atoms with van der Waals surface area (Å²) in [5.74, 6) is -0.0605. The number of hydrogen-bond donors (Lipinski definition) is 1. The number of rotatable bonds is 4. The Kier molecular flexibility index (Phi) is 4.83. The van der Waals surface area contributed by atoms with Crippen LogP contribution in [0.15, 0.2) is 24.3 Å². The molecule has 2 fully saturated rings. The summed E-state index contributed by atoms with van der Waals surface area (Å²) in [6.45, 7) is 1.74. The van der Waals surface area contributed by atoms with Crippen LogP contribution in [0.4, 0.5) is 13.2 Å². The van der Waals surface area contributed by atoms with Crippen molar-refractivity contribution in [2.45, 2.75) is 31.2 Å². The Labute approximate surface area is 139 Å². The molecule has 1 saturated heterocycles. The molecular formula is C17H21F3N2O2. The summed E-state index contributed by atoms with van der Waals surface area (Å²) >= 11 is 0. The third kappa shape index (κ3) is 4.08. The van der Waals surface area contributed by atoms with Crippen molar-refractivity contribution < 1.29 is 22.7 Å². The second-order valence-corrected chi connectivity index (χ2v) is 6.57. The van der Waals surface area contributed by atoms with E-state index in [1.165, 1.54) is 6.07 Å². The van der Waals surface area contributed by atoms with Crippen molar-refractivity contribution in [3.8, 4) is 0 Å². The molecule has 0 spiro atoms. The fourth-order valence-corrected chi connectivity index (χ4v) is 2.99. The van der Waals surface area contributed by atoms with Crippen molar-refractivity contribution in [3.05, 3.63) is 35.4 Å². The number of ether oxygens (including phenoxy) is 1. The van der Waals surface area contributed by atoms with Crippen LogP contribution >= 0.6 is 0 Å². The van der Waals surface area contributed by atoms with Crippen molar-refractivity contribution in [3.63, 3.8) is 0 Å². The first-order valence-corrected chi connectivity index (χ1v) is 8.12. The number of carbonyl (C=O) groups is 1. The number of hydrogen-bond acceptors (Lipinski definition) is 3. The molecule has 4 nitrogen and oxygen atoms in total. The van der Waals surface area contributed by atoms with Gasteiger partial charge in [0.25, 0.3) is 5.91 Å². The van der Waals surface area contributed by atoms with Gasteiger partial charge in [-0.15, -0.1) is 0 Å². The Morgan fingerprint density at radius 1 is 1.38 bits per heavy atom. The maximum atomic E-state index is 12.9. The molecule has 1 saturated carbocycles. The first kappa shape index (κ1) is 17.2. The fraction of sp³-hybridized carbons (Fsp3) is 0.588. The molecular weight excluding hydrogens is 321 g/mol. The minimum atomic E-state index is -4.39. The number of halogens is 3. The molecule has 1 aromatic carbocycles. The average molecular weight is 342 g/mol. The summed E-state index contributed by atoms with van der Waals surface area (Å²) in [5.41, 5.74) is -0.182. The maximum Gasteiger partial charge on any atom is 0.416 e. The van der Waals surface area contributed by atoms with Crippen LogP contribution in [0.25, 0.3) is 0 Å². The van der Waals surface area contributed by atoms with Gasteiger partial charge in [0.05, 0.1) is 18.2 Å². The van der Waals surface area contributed by atoms with E-state index >= 15 is 0 Å². The van der Waals surface area contributed by atoms with E-state index in [1.54, 1.807) is 6.07 Å². The van der Waals surface area contributed by atoms with E-state index in [9.17, 15) is 18.0 Å². The van der Waals surface area contributed by atoms with E-state index in [0.29, 0.717) is 18.7 Å². The lowest BCUT2D eigenvalue weighted by Gasteiger charge is -2.30. The minimum absolute atomic E-state index is 0.193. The quantitative estimate of drug-likeness (QED) is 0.915. The molecule has 7 heteroatoms. The molecule has 0 aromatic heterocycles. The molecule has 2 aliphatic rings. The van der Waals surface area contributed by atoms with Gasteiger partial charge < -0.3 is 15.0 Å². The number of carbonyl (C=O) groups excluding carboxylic acids is 1. The van der Waals surface area contributed by atoms with Gasteiger partial charge >= 0.3 is 6.18 Å². The molecule has 3 rings (SSSR count). The number of benzene rings is 1. The summed E-state index contributed by atoms with van der Waals surface area (Å²) < 4.78 is 44.3. The molecule has 1 aliphatic heterocycles. The highest BCUT2D eigenvalue weighted by molar-refractivity contribution is 5.81. The van der Waals surface area contributed by atoms with Crippen molar-refractivity contribution in [2.75, 3.05) is 26.7 Å². The van der Waals surface area contributed by atoms with E-state index in [0.717, 1.165) is 31.5 Å². The zero-order chi connectivity index (χ0) is 17.3. The number of nitrogens with zero attached hydrogens (tertiary/aromatic N) is 1. The molecule has 2 atom stereocenters. The lowest BCUT2D eigenvalue weighted by atomic mass is 9.99. The van der Waals surface area contributed by atoms with Gasteiger partial charge in [0.15, 0.2) is 0 Å². The number of amides is 1. The molecule has 0 bridgehead atoms. The first-order valence-electron chi connectivity index (χ1n) is 8.12. The van der Waals surface area contributed by atoms with E-state index in [1.807, 2.05) is 11.9 Å². The highest BCUT2D eigenvalue weighted by Crippen LogP contribution is 2.42. The Morgan fingerprint density at radius 3 is 2.75 bits per heavy atom. The Hall–Kier alpha value is -1.60. The van der Waals surface area contributed by atoms with Gasteiger partial charge in [-0.25, -0.2) is 0 Å². The molecule has 24 heavy (non-hydrogen) atoms. The van der Waals surface area contributed by atoms with Crippen LogP contribution in [0.2, 0.25) is 0 Å². The number of morpholine rings is 1. The third-order valence-corrected chi connectivity index (χ3v) is 4.53. The second kappa shape index (κ2) is 6.72. The predicted molar refractivity (Wildman–Crippen MR) is 82.3 cm³/mol. The van der Waals surface area contributed by atoms with Gasteiger partial charge in [0.1, 0.15) is 6.10 Å². The third-order valence-electron chi connectivity index (χ3n) is 4.53. The molecule has 1 N–H and O–H groups in total. The van der Waals surface area contributed by atoms with Crippen LogP contribution in [0.3, 0.4) is 0 Å². The summed E-state index contributed by atoms with van der Waals surface area (Å²) in [7, 11) is 1.91. The molecule has 1 aliphatic carbocycles. The van der Waals surface area contributed by atoms with E-state index in [-0.39, 0.29) is 11.8 Å². The monoisotopic (exact) mass is 342 g/mol. The second-order valence-electron chi connectivity index (χ2n) is 6.57. The molecule has 1 aromatic rings.